The van der Waals surface area contributed by atoms with Crippen LogP contribution >= 0.6 is 0 Å². The van der Waals surface area contributed by atoms with Gasteiger partial charge in [0, 0.05) is 12.4 Å². The predicted molar refractivity (Wildman–Crippen MR) is 49.8 cm³/mol. The van der Waals surface area contributed by atoms with Crippen LogP contribution in [-0.2, 0) is 4.79 Å². The number of aromatic nitrogens is 1. The molecule has 1 aromatic rings. The van der Waals surface area contributed by atoms with E-state index in [9.17, 15) is 4.79 Å². The summed E-state index contributed by atoms with van der Waals surface area (Å²) in [5.74, 6) is -0.368. The van der Waals surface area contributed by atoms with Crippen LogP contribution in [0.1, 0.15) is 18.5 Å². The van der Waals surface area contributed by atoms with Gasteiger partial charge in [0.25, 0.3) is 0 Å². The number of amides is 1. The first-order valence-electron chi connectivity index (χ1n) is 4.18. The summed E-state index contributed by atoms with van der Waals surface area (Å²) in [6, 6.07) is 3.14. The number of rotatable bonds is 4. The van der Waals surface area contributed by atoms with Gasteiger partial charge in [-0.25, -0.2) is 0 Å². The lowest BCUT2D eigenvalue weighted by Gasteiger charge is -2.13. The summed E-state index contributed by atoms with van der Waals surface area (Å²) in [6.45, 7) is 2.63. The maximum absolute atomic E-state index is 11.0. The van der Waals surface area contributed by atoms with Gasteiger partial charge >= 0.3 is 0 Å². The zero-order chi connectivity index (χ0) is 9.68. The van der Waals surface area contributed by atoms with E-state index in [1.807, 2.05) is 6.92 Å². The van der Waals surface area contributed by atoms with Crippen LogP contribution in [0.2, 0.25) is 0 Å². The SMILES string of the molecule is CCNC(C(N)=O)c1ccncc1. The van der Waals surface area contributed by atoms with Crippen LogP contribution in [0.25, 0.3) is 0 Å². The summed E-state index contributed by atoms with van der Waals surface area (Å²) >= 11 is 0. The Labute approximate surface area is 77.2 Å². The van der Waals surface area contributed by atoms with Crippen molar-refractivity contribution in [3.05, 3.63) is 30.1 Å². The lowest BCUT2D eigenvalue weighted by molar-refractivity contribution is -0.120. The van der Waals surface area contributed by atoms with Crippen molar-refractivity contribution in [2.24, 2.45) is 5.73 Å². The number of pyridine rings is 1. The number of primary amides is 1. The van der Waals surface area contributed by atoms with Crippen LogP contribution in [0.4, 0.5) is 0 Å². The average Bonchev–Trinajstić information content (AvgIpc) is 2.15. The average molecular weight is 179 g/mol. The Morgan fingerprint density at radius 2 is 2.23 bits per heavy atom. The second kappa shape index (κ2) is 4.57. The number of hydrogen-bond donors (Lipinski definition) is 2. The molecule has 4 heteroatoms. The summed E-state index contributed by atoms with van der Waals surface area (Å²) in [7, 11) is 0. The highest BCUT2D eigenvalue weighted by Crippen LogP contribution is 2.09. The van der Waals surface area contributed by atoms with E-state index >= 15 is 0 Å². The van der Waals surface area contributed by atoms with E-state index in [2.05, 4.69) is 10.3 Å². The zero-order valence-electron chi connectivity index (χ0n) is 7.53. The van der Waals surface area contributed by atoms with Gasteiger partial charge in [-0.15, -0.1) is 0 Å². The molecule has 13 heavy (non-hydrogen) atoms. The lowest BCUT2D eigenvalue weighted by atomic mass is 10.1. The van der Waals surface area contributed by atoms with E-state index in [1.54, 1.807) is 24.5 Å². The van der Waals surface area contributed by atoms with E-state index in [1.165, 1.54) is 0 Å². The summed E-state index contributed by atoms with van der Waals surface area (Å²) < 4.78 is 0. The summed E-state index contributed by atoms with van der Waals surface area (Å²) in [5, 5.41) is 3.00. The van der Waals surface area contributed by atoms with Crippen molar-refractivity contribution in [1.29, 1.82) is 0 Å². The first-order chi connectivity index (χ1) is 6.25. The fourth-order valence-corrected chi connectivity index (χ4v) is 1.14. The standard InChI is InChI=1S/C9H13N3O/c1-2-12-8(9(10)13)7-3-5-11-6-4-7/h3-6,8,12H,2H2,1H3,(H2,10,13). The van der Waals surface area contributed by atoms with Gasteiger partial charge in [0.15, 0.2) is 0 Å². The first kappa shape index (κ1) is 9.67. The highest BCUT2D eigenvalue weighted by Gasteiger charge is 2.15. The zero-order valence-corrected chi connectivity index (χ0v) is 7.53. The molecular formula is C9H13N3O. The minimum Gasteiger partial charge on any atom is -0.368 e. The number of hydrogen-bond acceptors (Lipinski definition) is 3. The molecule has 1 atom stereocenters. The molecule has 0 saturated carbocycles. The second-order valence-electron chi connectivity index (χ2n) is 2.67. The molecule has 0 aliphatic heterocycles. The van der Waals surface area contributed by atoms with Crippen LogP contribution in [0, 0.1) is 0 Å². The molecule has 0 aromatic carbocycles. The van der Waals surface area contributed by atoms with Crippen LogP contribution in [0.15, 0.2) is 24.5 Å². The van der Waals surface area contributed by atoms with Gasteiger partial charge in [0.05, 0.1) is 0 Å². The third-order valence-electron chi connectivity index (χ3n) is 1.73. The molecule has 1 aromatic heterocycles. The maximum Gasteiger partial charge on any atom is 0.239 e. The Hall–Kier alpha value is -1.42. The van der Waals surface area contributed by atoms with Crippen molar-refractivity contribution in [3.8, 4) is 0 Å². The van der Waals surface area contributed by atoms with Gasteiger partial charge in [-0.05, 0) is 24.2 Å². The summed E-state index contributed by atoms with van der Waals surface area (Å²) in [5.41, 5.74) is 6.08. The molecule has 1 unspecified atom stereocenters. The van der Waals surface area contributed by atoms with Gasteiger partial charge in [0.2, 0.25) is 5.91 Å². The highest BCUT2D eigenvalue weighted by atomic mass is 16.1. The Balaban J connectivity index is 2.82. The minimum atomic E-state index is -0.409. The van der Waals surface area contributed by atoms with Crippen molar-refractivity contribution in [1.82, 2.24) is 10.3 Å². The van der Waals surface area contributed by atoms with Crippen molar-refractivity contribution >= 4 is 5.91 Å². The highest BCUT2D eigenvalue weighted by molar-refractivity contribution is 5.81. The Bertz CT molecular complexity index is 273. The van der Waals surface area contributed by atoms with E-state index in [0.717, 1.165) is 5.56 Å². The number of nitrogens with one attached hydrogen (secondary N) is 1. The van der Waals surface area contributed by atoms with Crippen LogP contribution in [0.3, 0.4) is 0 Å². The van der Waals surface area contributed by atoms with Gasteiger partial charge < -0.3 is 11.1 Å². The quantitative estimate of drug-likeness (QED) is 0.694. The van der Waals surface area contributed by atoms with Crippen molar-refractivity contribution in [2.75, 3.05) is 6.54 Å². The molecule has 3 N–H and O–H groups in total. The van der Waals surface area contributed by atoms with E-state index in [4.69, 9.17) is 5.73 Å². The second-order valence-corrected chi connectivity index (χ2v) is 2.67. The van der Waals surface area contributed by atoms with Crippen LogP contribution in [0.5, 0.6) is 0 Å². The Kier molecular flexibility index (Phi) is 3.40. The largest absolute Gasteiger partial charge is 0.368 e. The molecule has 0 radical (unpaired) electrons. The monoisotopic (exact) mass is 179 g/mol. The van der Waals surface area contributed by atoms with Gasteiger partial charge in [-0.3, -0.25) is 9.78 Å². The number of likely N-dealkylation sites (N-methyl/N-ethyl adjacent to an activating group) is 1. The normalized spacial score (nSPS) is 12.4. The van der Waals surface area contributed by atoms with Gasteiger partial charge in [0.1, 0.15) is 6.04 Å². The molecule has 70 valence electrons. The molecule has 1 amide bonds. The summed E-state index contributed by atoms with van der Waals surface area (Å²) in [6.07, 6.45) is 3.28. The lowest BCUT2D eigenvalue weighted by Crippen LogP contribution is -2.33. The molecule has 0 fully saturated rings. The summed E-state index contributed by atoms with van der Waals surface area (Å²) in [4.78, 5) is 14.9. The van der Waals surface area contributed by atoms with E-state index in [0.29, 0.717) is 6.54 Å². The Morgan fingerprint density at radius 3 is 2.69 bits per heavy atom. The smallest absolute Gasteiger partial charge is 0.239 e. The van der Waals surface area contributed by atoms with Gasteiger partial charge in [-0.2, -0.15) is 0 Å². The van der Waals surface area contributed by atoms with Crippen molar-refractivity contribution in [2.45, 2.75) is 13.0 Å². The van der Waals surface area contributed by atoms with Crippen LogP contribution < -0.4 is 11.1 Å². The van der Waals surface area contributed by atoms with Crippen LogP contribution in [-0.4, -0.2) is 17.4 Å². The molecule has 0 aliphatic rings. The number of carbonyl (C=O) groups is 1. The fourth-order valence-electron chi connectivity index (χ4n) is 1.14. The van der Waals surface area contributed by atoms with E-state index < -0.39 is 6.04 Å². The molecule has 0 bridgehead atoms. The molecule has 4 nitrogen and oxygen atoms in total. The number of nitrogens with two attached hydrogens (primary N) is 1. The van der Waals surface area contributed by atoms with Crippen molar-refractivity contribution < 1.29 is 4.79 Å². The van der Waals surface area contributed by atoms with Crippen molar-refractivity contribution in [3.63, 3.8) is 0 Å². The van der Waals surface area contributed by atoms with Gasteiger partial charge in [-0.1, -0.05) is 6.92 Å². The third-order valence-corrected chi connectivity index (χ3v) is 1.73. The minimum absolute atomic E-state index is 0.368. The first-order valence-corrected chi connectivity index (χ1v) is 4.18. The molecule has 1 rings (SSSR count). The Morgan fingerprint density at radius 1 is 1.62 bits per heavy atom. The number of carbonyl (C=O) groups excluding carboxylic acids is 1. The molecule has 0 aliphatic carbocycles. The molecule has 0 saturated heterocycles. The molecule has 1 heterocycles. The fraction of sp³-hybridized carbons (Fsp3) is 0.333. The van der Waals surface area contributed by atoms with E-state index in [-0.39, 0.29) is 5.91 Å². The molecule has 0 spiro atoms. The predicted octanol–water partition coefficient (Wildman–Crippen LogP) is 0.217. The third kappa shape index (κ3) is 2.52. The molecular weight excluding hydrogens is 166 g/mol. The topological polar surface area (TPSA) is 68.0 Å². The maximum atomic E-state index is 11.0. The number of nitrogens with zero attached hydrogens (tertiary/aromatic N) is 1.